The van der Waals surface area contributed by atoms with E-state index in [0.29, 0.717) is 0 Å². The van der Waals surface area contributed by atoms with E-state index in [4.69, 9.17) is 4.98 Å². The van der Waals surface area contributed by atoms with E-state index in [1.165, 1.54) is 60.8 Å². The highest BCUT2D eigenvalue weighted by Gasteiger charge is 2.29. The number of hydrogen-bond donors (Lipinski definition) is 0. The minimum Gasteiger partial charge on any atom is -0.294 e. The average Bonchev–Trinajstić information content (AvgIpc) is 3.84. The van der Waals surface area contributed by atoms with Crippen molar-refractivity contribution < 1.29 is 0 Å². The van der Waals surface area contributed by atoms with Crippen LogP contribution in [0.15, 0.2) is 195 Å². The molecule has 4 heteroatoms. The molecular formula is C55H47N4+. The zero-order valence-electron chi connectivity index (χ0n) is 34.3. The van der Waals surface area contributed by atoms with Gasteiger partial charge < -0.3 is 0 Å². The number of rotatable bonds is 7. The quantitative estimate of drug-likeness (QED) is 0.149. The number of benzene rings is 7. The van der Waals surface area contributed by atoms with Crippen LogP contribution >= 0.6 is 0 Å². The Labute approximate surface area is 346 Å². The van der Waals surface area contributed by atoms with E-state index in [9.17, 15) is 0 Å². The molecule has 286 valence electrons. The van der Waals surface area contributed by atoms with Crippen LogP contribution in [0, 0.1) is 0 Å². The van der Waals surface area contributed by atoms with Crippen LogP contribution in [0.1, 0.15) is 45.7 Å². The molecule has 0 aliphatic carbocycles. The zero-order chi connectivity index (χ0) is 40.3. The molecule has 0 aliphatic heterocycles. The molecule has 3 aromatic heterocycles. The van der Waals surface area contributed by atoms with Crippen LogP contribution in [-0.4, -0.2) is 18.7 Å². The van der Waals surface area contributed by atoms with Crippen LogP contribution in [0.5, 0.6) is 0 Å². The van der Waals surface area contributed by atoms with Gasteiger partial charge in [0, 0.05) is 46.6 Å². The first-order valence-electron chi connectivity index (χ1n) is 20.5. The number of imidazole rings is 1. The van der Waals surface area contributed by atoms with Gasteiger partial charge in [-0.3, -0.25) is 4.57 Å². The molecule has 0 N–H and O–H groups in total. The second-order valence-corrected chi connectivity index (χ2v) is 17.1. The van der Waals surface area contributed by atoms with E-state index in [1.54, 1.807) is 0 Å². The van der Waals surface area contributed by atoms with Gasteiger partial charge in [0.25, 0.3) is 0 Å². The molecule has 0 amide bonds. The van der Waals surface area contributed by atoms with Crippen LogP contribution in [-0.2, 0) is 11.0 Å². The zero-order valence-corrected chi connectivity index (χ0v) is 34.3. The van der Waals surface area contributed by atoms with Crippen molar-refractivity contribution in [2.24, 2.45) is 0 Å². The third kappa shape index (κ3) is 6.24. The molecule has 3 heterocycles. The van der Waals surface area contributed by atoms with Crippen LogP contribution in [0.2, 0.25) is 0 Å². The summed E-state index contributed by atoms with van der Waals surface area (Å²) >= 11 is 0. The molecule has 0 radical (unpaired) electrons. The smallest absolute Gasteiger partial charge is 0.191 e. The standard InChI is InChI=1S/C55H47N4/c1-54(2,3)58-37-57(49-28-14-15-29-50(49)58)43-23-16-22-41(35-43)55(4,5)42-30-31-47-46-24-12-13-27-48(46)59(51(47)36-42)52-34-40(32-33-56-52)53-44(38-18-8-6-9-19-38)25-17-26-45(53)39-20-10-7-11-21-39/h6-37H,1-5H3/q+1. The Balaban J connectivity index is 1.13. The first-order chi connectivity index (χ1) is 28.7. The molecule has 0 bridgehead atoms. The normalized spacial score (nSPS) is 12.2. The van der Waals surface area contributed by atoms with Crippen LogP contribution in [0.4, 0.5) is 0 Å². The Bertz CT molecular complexity index is 3100. The first kappa shape index (κ1) is 36.3. The molecule has 10 aromatic rings. The largest absolute Gasteiger partial charge is 0.294 e. The van der Waals surface area contributed by atoms with E-state index in [0.717, 1.165) is 28.1 Å². The number of para-hydroxylation sites is 3. The highest BCUT2D eigenvalue weighted by molar-refractivity contribution is 6.09. The molecular weight excluding hydrogens is 717 g/mol. The Morgan fingerprint density at radius 1 is 0.458 bits per heavy atom. The van der Waals surface area contributed by atoms with Crippen LogP contribution in [0.3, 0.4) is 0 Å². The summed E-state index contributed by atoms with van der Waals surface area (Å²) in [5.41, 5.74) is 15.0. The molecule has 0 saturated heterocycles. The van der Waals surface area contributed by atoms with Crippen LogP contribution < -0.4 is 0 Å². The Morgan fingerprint density at radius 3 is 1.75 bits per heavy atom. The summed E-state index contributed by atoms with van der Waals surface area (Å²) in [6.07, 6.45) is 4.22. The van der Waals surface area contributed by atoms with Crippen molar-refractivity contribution in [1.82, 2.24) is 18.7 Å². The summed E-state index contributed by atoms with van der Waals surface area (Å²) < 4.78 is 7.06. The summed E-state index contributed by atoms with van der Waals surface area (Å²) in [4.78, 5) is 5.11. The molecule has 0 atom stereocenters. The SMILES string of the molecule is CC(C)(c1cccc(-n2[cH+]n(C(C)(C)C)c3ccccc32)c1)c1ccc2c3ccccc3n(-c3cc(-c4c(-c5ccccc5)cccc4-c4ccccc4)ccn3)c2c1. The monoisotopic (exact) mass is 763 g/mol. The number of fused-ring (bicyclic) bond motifs is 4. The van der Waals surface area contributed by atoms with E-state index in [2.05, 4.69) is 237 Å². The van der Waals surface area contributed by atoms with Gasteiger partial charge in [0.15, 0.2) is 17.4 Å². The van der Waals surface area contributed by atoms with Gasteiger partial charge >= 0.3 is 0 Å². The van der Waals surface area contributed by atoms with Crippen molar-refractivity contribution >= 4 is 32.8 Å². The topological polar surface area (TPSA) is 27.7 Å². The van der Waals surface area contributed by atoms with E-state index in [1.807, 2.05) is 6.20 Å². The second-order valence-electron chi connectivity index (χ2n) is 17.1. The predicted octanol–water partition coefficient (Wildman–Crippen LogP) is 14.3. The summed E-state index contributed by atoms with van der Waals surface area (Å²) in [6.45, 7) is 11.5. The summed E-state index contributed by atoms with van der Waals surface area (Å²) in [7, 11) is 0. The lowest BCUT2D eigenvalue weighted by Gasteiger charge is -2.26. The van der Waals surface area contributed by atoms with E-state index in [-0.39, 0.29) is 11.0 Å². The number of hydrogen-bond acceptors (Lipinski definition) is 1. The lowest BCUT2D eigenvalue weighted by molar-refractivity contribution is 0.406. The molecule has 0 aliphatic rings. The Kier molecular flexibility index (Phi) is 8.68. The van der Waals surface area contributed by atoms with E-state index >= 15 is 0 Å². The van der Waals surface area contributed by atoms with Crippen molar-refractivity contribution in [1.29, 1.82) is 0 Å². The van der Waals surface area contributed by atoms with Gasteiger partial charge in [0.05, 0.1) is 16.6 Å². The van der Waals surface area contributed by atoms with Crippen LogP contribution in [0.25, 0.3) is 77.7 Å². The molecule has 0 unspecified atom stereocenters. The molecule has 59 heavy (non-hydrogen) atoms. The fourth-order valence-corrected chi connectivity index (χ4v) is 8.95. The van der Waals surface area contributed by atoms with E-state index < -0.39 is 0 Å². The summed E-state index contributed by atoms with van der Waals surface area (Å²) in [5.74, 6) is 0.888. The van der Waals surface area contributed by atoms with Gasteiger partial charge in [-0.2, -0.15) is 4.57 Å². The van der Waals surface area contributed by atoms with Crippen molar-refractivity contribution in [3.8, 4) is 44.9 Å². The maximum atomic E-state index is 5.11. The molecule has 0 fully saturated rings. The molecule has 4 nitrogen and oxygen atoms in total. The predicted molar refractivity (Wildman–Crippen MR) is 248 cm³/mol. The summed E-state index contributed by atoms with van der Waals surface area (Å²) in [6, 6.07) is 66.0. The van der Waals surface area contributed by atoms with Gasteiger partial charge in [-0.05, 0) is 108 Å². The number of nitrogens with zero attached hydrogens (tertiary/aromatic N) is 4. The first-order valence-corrected chi connectivity index (χ1v) is 20.5. The molecule has 0 spiro atoms. The molecule has 0 saturated carbocycles. The highest BCUT2D eigenvalue weighted by Crippen LogP contribution is 2.42. The fourth-order valence-electron chi connectivity index (χ4n) is 8.95. The van der Waals surface area contributed by atoms with Gasteiger partial charge in [0.2, 0.25) is 0 Å². The summed E-state index contributed by atoms with van der Waals surface area (Å²) in [5, 5.41) is 2.42. The van der Waals surface area contributed by atoms with Gasteiger partial charge in [-0.15, -0.1) is 0 Å². The lowest BCUT2D eigenvalue weighted by atomic mass is 9.77. The van der Waals surface area contributed by atoms with Gasteiger partial charge in [-0.25, -0.2) is 9.55 Å². The third-order valence-corrected chi connectivity index (χ3v) is 12.1. The maximum absolute atomic E-state index is 5.11. The average molecular weight is 764 g/mol. The van der Waals surface area contributed by atoms with Gasteiger partial charge in [-0.1, -0.05) is 129 Å². The number of pyridine rings is 1. The minimum atomic E-state index is -0.303. The highest BCUT2D eigenvalue weighted by atomic mass is 15.2. The lowest BCUT2D eigenvalue weighted by Crippen LogP contribution is -2.21. The number of aromatic nitrogens is 4. The molecule has 10 rings (SSSR count). The Morgan fingerprint density at radius 2 is 1.05 bits per heavy atom. The van der Waals surface area contributed by atoms with Crippen molar-refractivity contribution in [2.75, 3.05) is 0 Å². The minimum absolute atomic E-state index is 0.0561. The Hall–Kier alpha value is -7.04. The molecule has 7 aromatic carbocycles. The van der Waals surface area contributed by atoms with Gasteiger partial charge in [0.1, 0.15) is 11.5 Å². The van der Waals surface area contributed by atoms with Crippen molar-refractivity contribution in [3.05, 3.63) is 206 Å². The van der Waals surface area contributed by atoms with Crippen molar-refractivity contribution in [3.63, 3.8) is 0 Å². The maximum Gasteiger partial charge on any atom is 0.191 e. The van der Waals surface area contributed by atoms with Crippen molar-refractivity contribution in [2.45, 2.75) is 45.6 Å². The third-order valence-electron chi connectivity index (χ3n) is 12.1. The second kappa shape index (κ2) is 14.1. The fraction of sp³-hybridized carbons (Fsp3) is 0.127.